The van der Waals surface area contributed by atoms with Crippen molar-refractivity contribution in [1.29, 1.82) is 0 Å². The van der Waals surface area contributed by atoms with Crippen molar-refractivity contribution in [2.45, 2.75) is 148 Å². The Morgan fingerprint density at radius 2 is 1.03 bits per heavy atom. The lowest BCUT2D eigenvalue weighted by Crippen LogP contribution is -2.15. The fourth-order valence-electron chi connectivity index (χ4n) is 6.71. The molecule has 0 N–H and O–H groups in total. The van der Waals surface area contributed by atoms with Gasteiger partial charge < -0.3 is 4.74 Å². The van der Waals surface area contributed by atoms with E-state index in [9.17, 15) is 0 Å². The van der Waals surface area contributed by atoms with Crippen molar-refractivity contribution in [3.8, 4) is 5.75 Å². The molecule has 34 heavy (non-hydrogen) atoms. The summed E-state index contributed by atoms with van der Waals surface area (Å²) in [6, 6.07) is 9.17. The molecule has 0 atom stereocenters. The van der Waals surface area contributed by atoms with Crippen LogP contribution in [0.2, 0.25) is 0 Å². The van der Waals surface area contributed by atoms with Gasteiger partial charge in [-0.3, -0.25) is 0 Å². The maximum Gasteiger partial charge on any atom is 0.119 e. The smallest absolute Gasteiger partial charge is 0.119 e. The van der Waals surface area contributed by atoms with Gasteiger partial charge in [0.2, 0.25) is 0 Å². The number of unbranched alkanes of at least 4 members (excludes halogenated alkanes) is 6. The molecule has 1 nitrogen and oxygen atoms in total. The first-order valence-corrected chi connectivity index (χ1v) is 15.5. The van der Waals surface area contributed by atoms with Crippen molar-refractivity contribution in [3.05, 3.63) is 29.8 Å². The van der Waals surface area contributed by atoms with Gasteiger partial charge in [0.05, 0.1) is 6.61 Å². The largest absolute Gasteiger partial charge is 0.494 e. The first-order chi connectivity index (χ1) is 16.8. The third kappa shape index (κ3) is 10.3. The molecule has 0 amide bonds. The number of benzene rings is 1. The molecule has 2 aliphatic rings. The predicted molar refractivity (Wildman–Crippen MR) is 149 cm³/mol. The summed E-state index contributed by atoms with van der Waals surface area (Å²) in [7, 11) is 0. The van der Waals surface area contributed by atoms with E-state index in [1.54, 1.807) is 5.56 Å². The molecule has 1 aromatic rings. The lowest BCUT2D eigenvalue weighted by molar-refractivity contribution is 0.228. The van der Waals surface area contributed by atoms with Gasteiger partial charge in [-0.25, -0.2) is 0 Å². The zero-order valence-corrected chi connectivity index (χ0v) is 22.9. The minimum atomic E-state index is 0.780. The lowest BCUT2D eigenvalue weighted by Gasteiger charge is -2.29. The SMILES string of the molecule is CCCCCCC1CCC(CCCOc2ccc(C3CCC(CCCCCC)CC3)cc2)CC1. The van der Waals surface area contributed by atoms with Gasteiger partial charge in [-0.1, -0.05) is 116 Å². The molecule has 0 aromatic heterocycles. The standard InChI is InChI=1S/C33H56O/c1-3-5-7-9-12-28-15-17-30(18-16-28)14-11-27-34-33-25-23-32(24-26-33)31-21-19-29(20-22-31)13-10-8-6-4-2/h23-26,28-31H,3-22,27H2,1-2H3. The van der Waals surface area contributed by atoms with Gasteiger partial charge in [-0.05, 0) is 79.9 Å². The summed E-state index contributed by atoms with van der Waals surface area (Å²) in [6.07, 6.45) is 28.5. The highest BCUT2D eigenvalue weighted by Gasteiger charge is 2.22. The Morgan fingerprint density at radius 1 is 0.559 bits per heavy atom. The molecule has 2 saturated carbocycles. The van der Waals surface area contributed by atoms with Gasteiger partial charge in [0.1, 0.15) is 5.75 Å². The second-order valence-corrected chi connectivity index (χ2v) is 11.9. The Bertz CT molecular complexity index is 604. The second kappa shape index (κ2) is 16.6. The van der Waals surface area contributed by atoms with E-state index in [2.05, 4.69) is 38.1 Å². The van der Waals surface area contributed by atoms with Crippen molar-refractivity contribution in [3.63, 3.8) is 0 Å². The fourth-order valence-corrected chi connectivity index (χ4v) is 6.71. The van der Waals surface area contributed by atoms with Crippen molar-refractivity contribution >= 4 is 0 Å². The van der Waals surface area contributed by atoms with Crippen LogP contribution in [0.3, 0.4) is 0 Å². The van der Waals surface area contributed by atoms with Crippen LogP contribution in [0.15, 0.2) is 24.3 Å². The van der Waals surface area contributed by atoms with Crippen molar-refractivity contribution in [1.82, 2.24) is 0 Å². The third-order valence-electron chi connectivity index (χ3n) is 9.12. The maximum absolute atomic E-state index is 6.12. The Balaban J connectivity index is 1.23. The highest BCUT2D eigenvalue weighted by molar-refractivity contribution is 5.29. The number of hydrogen-bond acceptors (Lipinski definition) is 1. The summed E-state index contributed by atoms with van der Waals surface area (Å²) in [5.74, 6) is 4.84. The predicted octanol–water partition coefficient (Wildman–Crippen LogP) is 10.9. The molecule has 0 bridgehead atoms. The van der Waals surface area contributed by atoms with E-state index in [0.717, 1.165) is 36.0 Å². The molecule has 0 saturated heterocycles. The van der Waals surface area contributed by atoms with Gasteiger partial charge in [0.15, 0.2) is 0 Å². The highest BCUT2D eigenvalue weighted by Crippen LogP contribution is 2.38. The van der Waals surface area contributed by atoms with Gasteiger partial charge in [0, 0.05) is 0 Å². The molecule has 2 aliphatic carbocycles. The first kappa shape index (κ1) is 27.6. The molecule has 0 heterocycles. The Hall–Kier alpha value is -0.980. The molecule has 1 heteroatoms. The molecule has 0 unspecified atom stereocenters. The Kier molecular flexibility index (Phi) is 13.5. The van der Waals surface area contributed by atoms with E-state index < -0.39 is 0 Å². The van der Waals surface area contributed by atoms with Crippen LogP contribution < -0.4 is 4.74 Å². The van der Waals surface area contributed by atoms with E-state index >= 15 is 0 Å². The van der Waals surface area contributed by atoms with E-state index in [1.807, 2.05) is 0 Å². The Labute approximate surface area is 212 Å². The monoisotopic (exact) mass is 468 g/mol. The second-order valence-electron chi connectivity index (χ2n) is 11.9. The minimum absolute atomic E-state index is 0.780. The Morgan fingerprint density at radius 3 is 1.53 bits per heavy atom. The fraction of sp³-hybridized carbons (Fsp3) is 0.818. The van der Waals surface area contributed by atoms with Crippen LogP contribution in [0, 0.1) is 17.8 Å². The molecular weight excluding hydrogens is 412 g/mol. The molecule has 0 radical (unpaired) electrons. The molecule has 1 aromatic carbocycles. The molecular formula is C33H56O. The zero-order valence-electron chi connectivity index (χ0n) is 22.9. The van der Waals surface area contributed by atoms with Crippen molar-refractivity contribution in [2.75, 3.05) is 6.61 Å². The molecule has 0 spiro atoms. The van der Waals surface area contributed by atoms with Gasteiger partial charge in [0.25, 0.3) is 0 Å². The van der Waals surface area contributed by atoms with Crippen LogP contribution in [-0.2, 0) is 0 Å². The maximum atomic E-state index is 6.12. The van der Waals surface area contributed by atoms with Crippen LogP contribution in [0.4, 0.5) is 0 Å². The van der Waals surface area contributed by atoms with E-state index in [1.165, 1.54) is 128 Å². The van der Waals surface area contributed by atoms with Gasteiger partial charge >= 0.3 is 0 Å². The molecule has 0 aliphatic heterocycles. The van der Waals surface area contributed by atoms with Crippen LogP contribution >= 0.6 is 0 Å². The number of ether oxygens (including phenoxy) is 1. The average molecular weight is 469 g/mol. The third-order valence-corrected chi connectivity index (χ3v) is 9.12. The van der Waals surface area contributed by atoms with E-state index in [-0.39, 0.29) is 0 Å². The van der Waals surface area contributed by atoms with E-state index in [0.29, 0.717) is 0 Å². The topological polar surface area (TPSA) is 9.23 Å². The van der Waals surface area contributed by atoms with Crippen LogP contribution in [-0.4, -0.2) is 6.61 Å². The van der Waals surface area contributed by atoms with Crippen LogP contribution in [0.25, 0.3) is 0 Å². The zero-order chi connectivity index (χ0) is 23.8. The normalized spacial score (nSPS) is 25.4. The van der Waals surface area contributed by atoms with Crippen LogP contribution in [0.1, 0.15) is 154 Å². The molecule has 2 fully saturated rings. The quantitative estimate of drug-likeness (QED) is 0.219. The van der Waals surface area contributed by atoms with Gasteiger partial charge in [-0.15, -0.1) is 0 Å². The molecule has 3 rings (SSSR count). The summed E-state index contributed by atoms with van der Waals surface area (Å²) in [5, 5.41) is 0. The molecule has 194 valence electrons. The summed E-state index contributed by atoms with van der Waals surface area (Å²) >= 11 is 0. The number of rotatable bonds is 16. The summed E-state index contributed by atoms with van der Waals surface area (Å²) in [4.78, 5) is 0. The van der Waals surface area contributed by atoms with Crippen LogP contribution in [0.5, 0.6) is 5.75 Å². The van der Waals surface area contributed by atoms with Gasteiger partial charge in [-0.2, -0.15) is 0 Å². The summed E-state index contributed by atoms with van der Waals surface area (Å²) < 4.78 is 6.12. The highest BCUT2D eigenvalue weighted by atomic mass is 16.5. The van der Waals surface area contributed by atoms with E-state index in [4.69, 9.17) is 4.74 Å². The summed E-state index contributed by atoms with van der Waals surface area (Å²) in [5.41, 5.74) is 1.54. The first-order valence-electron chi connectivity index (χ1n) is 15.5. The minimum Gasteiger partial charge on any atom is -0.494 e. The van der Waals surface area contributed by atoms with Crippen molar-refractivity contribution < 1.29 is 4.74 Å². The number of hydrogen-bond donors (Lipinski definition) is 0. The lowest BCUT2D eigenvalue weighted by atomic mass is 9.77. The average Bonchev–Trinajstić information content (AvgIpc) is 2.89. The van der Waals surface area contributed by atoms with Crippen molar-refractivity contribution in [2.24, 2.45) is 17.8 Å². The summed E-state index contributed by atoms with van der Waals surface area (Å²) in [6.45, 7) is 5.51.